The van der Waals surface area contributed by atoms with Crippen LogP contribution in [-0.2, 0) is 20.7 Å². The minimum atomic E-state index is -0.0217. The van der Waals surface area contributed by atoms with Crippen molar-refractivity contribution in [3.8, 4) is 0 Å². The molecule has 2 aliphatic rings. The number of H-pyrrole nitrogens is 1. The summed E-state index contributed by atoms with van der Waals surface area (Å²) in [7, 11) is 1.73. The number of aromatic amines is 1. The molecular weight excluding hydrogens is 328 g/mol. The summed E-state index contributed by atoms with van der Waals surface area (Å²) >= 11 is 0. The van der Waals surface area contributed by atoms with Gasteiger partial charge >= 0.3 is 0 Å². The molecule has 3 heterocycles. The molecule has 0 aliphatic carbocycles. The summed E-state index contributed by atoms with van der Waals surface area (Å²) in [6.45, 7) is 9.91. The van der Waals surface area contributed by atoms with Crippen LogP contribution in [0.2, 0.25) is 0 Å². The van der Waals surface area contributed by atoms with Gasteiger partial charge in [-0.05, 0) is 37.5 Å². The summed E-state index contributed by atoms with van der Waals surface area (Å²) in [5.74, 6) is 0.597. The molecule has 2 saturated heterocycles. The normalized spacial score (nSPS) is 25.2. The van der Waals surface area contributed by atoms with Crippen LogP contribution in [0.3, 0.4) is 0 Å². The average Bonchev–Trinajstić information content (AvgIpc) is 3.23. The van der Waals surface area contributed by atoms with Crippen molar-refractivity contribution in [2.75, 3.05) is 40.0 Å². The Morgan fingerprint density at radius 3 is 2.88 bits per heavy atom. The van der Waals surface area contributed by atoms with E-state index in [1.807, 2.05) is 4.90 Å². The molecule has 0 spiro atoms. The molecule has 1 amide bonds. The smallest absolute Gasteiger partial charge is 0.227 e. The molecule has 0 radical (unpaired) electrons. The largest absolute Gasteiger partial charge is 0.384 e. The molecular formula is C21H28N2O3. The number of nitrogens with one attached hydrogen (secondary N) is 1. The number of hydrogen-bond donors (Lipinski definition) is 1. The lowest BCUT2D eigenvalue weighted by Crippen LogP contribution is -2.37. The predicted molar refractivity (Wildman–Crippen MR) is 101 cm³/mol. The highest BCUT2D eigenvalue weighted by atomic mass is 16.5. The minimum Gasteiger partial charge on any atom is -0.384 e. The topological polar surface area (TPSA) is 54.6 Å². The van der Waals surface area contributed by atoms with Crippen LogP contribution in [-0.4, -0.2) is 55.8 Å². The summed E-state index contributed by atoms with van der Waals surface area (Å²) in [6, 6.07) is 4.28. The Hall–Kier alpha value is -1.85. The lowest BCUT2D eigenvalue weighted by Gasteiger charge is -2.26. The maximum Gasteiger partial charge on any atom is 0.227 e. The zero-order chi connectivity index (χ0) is 18.5. The van der Waals surface area contributed by atoms with E-state index < -0.39 is 0 Å². The van der Waals surface area contributed by atoms with Gasteiger partial charge in [-0.2, -0.15) is 0 Å². The minimum absolute atomic E-state index is 0.0217. The van der Waals surface area contributed by atoms with Gasteiger partial charge in [0.2, 0.25) is 5.91 Å². The lowest BCUT2D eigenvalue weighted by molar-refractivity contribution is -0.130. The molecule has 26 heavy (non-hydrogen) atoms. The first-order chi connectivity index (χ1) is 12.4. The third-order valence-electron chi connectivity index (χ3n) is 6.32. The molecule has 140 valence electrons. The number of aryl methyl sites for hydroxylation is 3. The first kappa shape index (κ1) is 17.6. The van der Waals surface area contributed by atoms with E-state index >= 15 is 0 Å². The number of benzene rings is 1. The van der Waals surface area contributed by atoms with E-state index in [4.69, 9.17) is 9.47 Å². The van der Waals surface area contributed by atoms with Crippen molar-refractivity contribution in [2.45, 2.75) is 27.2 Å². The van der Waals surface area contributed by atoms with Gasteiger partial charge < -0.3 is 19.4 Å². The third kappa shape index (κ3) is 2.65. The number of rotatable bonds is 4. The Labute approximate surface area is 154 Å². The van der Waals surface area contributed by atoms with Crippen LogP contribution in [0.4, 0.5) is 0 Å². The first-order valence-electron chi connectivity index (χ1n) is 9.37. The molecule has 5 nitrogen and oxygen atoms in total. The SMILES string of the molecule is COC[C@@]12COC[C@@H]1CN(C(=O)Cc1c(C)[nH]c3c(C)ccc(C)c13)C2. The van der Waals surface area contributed by atoms with Crippen LogP contribution in [0.5, 0.6) is 0 Å². The number of methoxy groups -OCH3 is 1. The van der Waals surface area contributed by atoms with E-state index in [0.29, 0.717) is 25.6 Å². The molecule has 4 rings (SSSR count). The van der Waals surface area contributed by atoms with Crippen molar-refractivity contribution < 1.29 is 14.3 Å². The quantitative estimate of drug-likeness (QED) is 0.916. The molecule has 1 aromatic carbocycles. The number of aromatic nitrogens is 1. The van der Waals surface area contributed by atoms with Crippen molar-refractivity contribution in [3.63, 3.8) is 0 Å². The van der Waals surface area contributed by atoms with Crippen LogP contribution in [0.25, 0.3) is 10.9 Å². The Morgan fingerprint density at radius 1 is 1.35 bits per heavy atom. The number of likely N-dealkylation sites (tertiary alicyclic amines) is 1. The molecule has 0 saturated carbocycles. The summed E-state index contributed by atoms with van der Waals surface area (Å²) in [5, 5.41) is 1.21. The number of nitrogens with zero attached hydrogens (tertiary/aromatic N) is 1. The van der Waals surface area contributed by atoms with Gasteiger partial charge in [-0.15, -0.1) is 0 Å². The van der Waals surface area contributed by atoms with Crippen molar-refractivity contribution in [3.05, 3.63) is 34.5 Å². The van der Waals surface area contributed by atoms with E-state index in [9.17, 15) is 4.79 Å². The third-order valence-corrected chi connectivity index (χ3v) is 6.32. The summed E-state index contributed by atoms with van der Waals surface area (Å²) in [5.41, 5.74) is 5.82. The fourth-order valence-corrected chi connectivity index (χ4v) is 4.81. The Balaban J connectivity index is 1.59. The van der Waals surface area contributed by atoms with Gasteiger partial charge in [-0.3, -0.25) is 4.79 Å². The van der Waals surface area contributed by atoms with E-state index in [2.05, 4.69) is 37.9 Å². The first-order valence-corrected chi connectivity index (χ1v) is 9.37. The van der Waals surface area contributed by atoms with Crippen LogP contribution < -0.4 is 0 Å². The Kier molecular flexibility index (Phi) is 4.32. The number of hydrogen-bond acceptors (Lipinski definition) is 3. The van der Waals surface area contributed by atoms with Crippen LogP contribution >= 0.6 is 0 Å². The van der Waals surface area contributed by atoms with Gasteiger partial charge in [0, 0.05) is 48.1 Å². The maximum absolute atomic E-state index is 13.1. The number of carbonyl (C=O) groups is 1. The number of fused-ring (bicyclic) bond motifs is 2. The second-order valence-electron chi connectivity index (χ2n) is 8.14. The van der Waals surface area contributed by atoms with Gasteiger partial charge in [-0.1, -0.05) is 12.1 Å². The molecule has 2 atom stereocenters. The molecule has 0 bridgehead atoms. The van der Waals surface area contributed by atoms with E-state index in [1.165, 1.54) is 16.5 Å². The van der Waals surface area contributed by atoms with Crippen LogP contribution in [0.1, 0.15) is 22.4 Å². The highest BCUT2D eigenvalue weighted by molar-refractivity contribution is 5.94. The summed E-state index contributed by atoms with van der Waals surface area (Å²) < 4.78 is 11.1. The molecule has 2 aliphatic heterocycles. The molecule has 2 fully saturated rings. The molecule has 1 N–H and O–H groups in total. The molecule has 1 aromatic heterocycles. The number of ether oxygens (including phenoxy) is 2. The summed E-state index contributed by atoms with van der Waals surface area (Å²) in [6.07, 6.45) is 0.451. The highest BCUT2D eigenvalue weighted by Crippen LogP contribution is 2.41. The molecule has 2 aromatic rings. The van der Waals surface area contributed by atoms with E-state index in [0.717, 1.165) is 36.5 Å². The zero-order valence-electron chi connectivity index (χ0n) is 16.1. The standard InChI is InChI=1S/C21H28N2O3/c1-13-5-6-14(2)20-19(13)17(15(3)22-20)7-18(24)23-8-16-9-26-12-21(16,10-23)11-25-4/h5-6,16,22H,7-12H2,1-4H3/t16-,21-/m0/s1. The summed E-state index contributed by atoms with van der Waals surface area (Å²) in [4.78, 5) is 18.6. The molecule has 0 unspecified atom stereocenters. The fourth-order valence-electron chi connectivity index (χ4n) is 4.81. The zero-order valence-corrected chi connectivity index (χ0v) is 16.1. The average molecular weight is 356 g/mol. The lowest BCUT2D eigenvalue weighted by atomic mass is 9.82. The second kappa shape index (κ2) is 6.39. The molecule has 5 heteroatoms. The van der Waals surface area contributed by atoms with Crippen molar-refractivity contribution in [2.24, 2.45) is 11.3 Å². The van der Waals surface area contributed by atoms with E-state index in [1.54, 1.807) is 7.11 Å². The van der Waals surface area contributed by atoms with Gasteiger partial charge in [0.1, 0.15) is 0 Å². The monoisotopic (exact) mass is 356 g/mol. The second-order valence-corrected chi connectivity index (χ2v) is 8.14. The van der Waals surface area contributed by atoms with Crippen molar-refractivity contribution >= 4 is 16.8 Å². The van der Waals surface area contributed by atoms with Crippen molar-refractivity contribution in [1.82, 2.24) is 9.88 Å². The number of amides is 1. The van der Waals surface area contributed by atoms with Crippen LogP contribution in [0, 0.1) is 32.1 Å². The van der Waals surface area contributed by atoms with Gasteiger partial charge in [0.25, 0.3) is 0 Å². The van der Waals surface area contributed by atoms with Gasteiger partial charge in [0.15, 0.2) is 0 Å². The van der Waals surface area contributed by atoms with Crippen molar-refractivity contribution in [1.29, 1.82) is 0 Å². The fraction of sp³-hybridized carbons (Fsp3) is 0.571. The Bertz CT molecular complexity index is 857. The number of carbonyl (C=O) groups excluding carboxylic acids is 1. The highest BCUT2D eigenvalue weighted by Gasteiger charge is 2.51. The van der Waals surface area contributed by atoms with Crippen LogP contribution in [0.15, 0.2) is 12.1 Å². The Morgan fingerprint density at radius 2 is 2.12 bits per heavy atom. The van der Waals surface area contributed by atoms with E-state index in [-0.39, 0.29) is 11.3 Å². The van der Waals surface area contributed by atoms with Gasteiger partial charge in [-0.25, -0.2) is 0 Å². The van der Waals surface area contributed by atoms with Gasteiger partial charge in [0.05, 0.1) is 26.2 Å². The maximum atomic E-state index is 13.1. The predicted octanol–water partition coefficient (Wildman–Crippen LogP) is 2.76.